The van der Waals surface area contributed by atoms with Crippen LogP contribution >= 0.6 is 0 Å². The van der Waals surface area contributed by atoms with E-state index in [4.69, 9.17) is 15.2 Å². The highest BCUT2D eigenvalue weighted by Gasteiger charge is 2.49. The molecule has 8 heteroatoms. The van der Waals surface area contributed by atoms with Crippen molar-refractivity contribution in [2.45, 2.75) is 99.5 Å². The number of hydrogen-bond donors (Lipinski definition) is 2. The van der Waals surface area contributed by atoms with Gasteiger partial charge < -0.3 is 20.3 Å². The fourth-order valence-corrected chi connectivity index (χ4v) is 6.38. The zero-order chi connectivity index (χ0) is 32.9. The second-order valence-corrected chi connectivity index (χ2v) is 15.0. The Morgan fingerprint density at radius 1 is 0.932 bits per heavy atom. The predicted molar refractivity (Wildman–Crippen MR) is 171 cm³/mol. The highest BCUT2D eigenvalue weighted by Crippen LogP contribution is 2.55. The number of carbonyl (C=O) groups is 3. The monoisotopic (exact) mass is 602 g/mol. The number of pyridine rings is 1. The van der Waals surface area contributed by atoms with Crippen LogP contribution in [0.25, 0.3) is 11.3 Å². The maximum absolute atomic E-state index is 13.8. The zero-order valence-corrected chi connectivity index (χ0v) is 27.7. The molecule has 0 amide bonds. The fraction of sp³-hybridized carbons (Fsp3) is 0.500. The van der Waals surface area contributed by atoms with Gasteiger partial charge >= 0.3 is 5.97 Å². The van der Waals surface area contributed by atoms with E-state index in [1.165, 1.54) is 0 Å². The summed E-state index contributed by atoms with van der Waals surface area (Å²) < 4.78 is 12.3. The van der Waals surface area contributed by atoms with Crippen molar-refractivity contribution in [3.8, 4) is 17.0 Å². The maximum atomic E-state index is 13.8. The molecule has 3 aliphatic rings. The molecule has 236 valence electrons. The third-order valence-electron chi connectivity index (χ3n) is 8.14. The molecular weight excluding hydrogens is 556 g/mol. The van der Waals surface area contributed by atoms with Crippen LogP contribution in [0.2, 0.25) is 0 Å². The summed E-state index contributed by atoms with van der Waals surface area (Å²) in [5, 5.41) is 9.67. The molecule has 0 unspecified atom stereocenters. The Balaban J connectivity index is 0.000000818. The Morgan fingerprint density at radius 2 is 1.43 bits per heavy atom. The lowest BCUT2D eigenvalue weighted by atomic mass is 9.65. The van der Waals surface area contributed by atoms with E-state index in [0.717, 1.165) is 16.7 Å². The summed E-state index contributed by atoms with van der Waals surface area (Å²) in [6, 6.07) is 7.19. The number of ether oxygens (including phenoxy) is 2. The molecule has 0 atom stereocenters. The van der Waals surface area contributed by atoms with Crippen LogP contribution in [0, 0.1) is 24.7 Å². The van der Waals surface area contributed by atoms with E-state index >= 15 is 0 Å². The number of benzene rings is 1. The predicted octanol–water partition coefficient (Wildman–Crippen LogP) is 7.22. The number of rotatable bonds is 4. The summed E-state index contributed by atoms with van der Waals surface area (Å²) >= 11 is 0. The average molecular weight is 603 g/mol. The summed E-state index contributed by atoms with van der Waals surface area (Å²) in [5.41, 5.74) is 9.18. The minimum absolute atomic E-state index is 0. The van der Waals surface area contributed by atoms with Gasteiger partial charge in [-0.3, -0.25) is 9.59 Å². The van der Waals surface area contributed by atoms with Crippen LogP contribution in [0.5, 0.6) is 5.75 Å². The van der Waals surface area contributed by atoms with Crippen molar-refractivity contribution < 1.29 is 29.0 Å². The Labute approximate surface area is 260 Å². The van der Waals surface area contributed by atoms with E-state index in [1.807, 2.05) is 39.8 Å². The molecular formula is C36H46N2O6. The number of carboxylic acids is 1. The van der Waals surface area contributed by atoms with E-state index < -0.39 is 11.9 Å². The third kappa shape index (κ3) is 6.80. The quantitative estimate of drug-likeness (QED) is 0.375. The van der Waals surface area contributed by atoms with Gasteiger partial charge in [0.2, 0.25) is 0 Å². The molecule has 0 radical (unpaired) electrons. The lowest BCUT2D eigenvalue weighted by Gasteiger charge is -2.43. The number of allylic oxidation sites excluding steroid dienone is 4. The molecule has 44 heavy (non-hydrogen) atoms. The Morgan fingerprint density at radius 3 is 1.89 bits per heavy atom. The molecule has 2 aliphatic carbocycles. The first kappa shape index (κ1) is 33.1. The number of ketones is 2. The summed E-state index contributed by atoms with van der Waals surface area (Å²) in [6.07, 6.45) is 1.91. The summed E-state index contributed by atoms with van der Waals surface area (Å²) in [6.45, 7) is 17.8. The molecule has 0 fully saturated rings. The number of Topliss-reactive ketones (excluding diaryl/α,β-unsaturated/α-hetero) is 2. The van der Waals surface area contributed by atoms with Gasteiger partial charge in [0.25, 0.3) is 0 Å². The van der Waals surface area contributed by atoms with Gasteiger partial charge in [-0.05, 0) is 74.8 Å². The smallest absolute Gasteiger partial charge is 0.354 e. The van der Waals surface area contributed by atoms with Crippen LogP contribution in [-0.2, 0) is 14.3 Å². The lowest BCUT2D eigenvalue weighted by Crippen LogP contribution is -2.38. The van der Waals surface area contributed by atoms with Gasteiger partial charge in [-0.25, -0.2) is 9.78 Å². The van der Waals surface area contributed by atoms with Gasteiger partial charge in [-0.2, -0.15) is 0 Å². The largest absolute Gasteiger partial charge is 0.496 e. The Bertz CT molecular complexity index is 1540. The van der Waals surface area contributed by atoms with Gasteiger partial charge in [0.05, 0.1) is 18.7 Å². The van der Waals surface area contributed by atoms with Crippen LogP contribution in [0.3, 0.4) is 0 Å². The van der Waals surface area contributed by atoms with Crippen molar-refractivity contribution >= 4 is 17.5 Å². The molecule has 8 nitrogen and oxygen atoms in total. The van der Waals surface area contributed by atoms with Crippen molar-refractivity contribution in [2.75, 3.05) is 7.11 Å². The summed E-state index contributed by atoms with van der Waals surface area (Å²) in [7, 11) is 1.58. The van der Waals surface area contributed by atoms with E-state index in [-0.39, 0.29) is 33.6 Å². The molecule has 5 rings (SSSR count). The topological polar surface area (TPSA) is 129 Å². The minimum Gasteiger partial charge on any atom is -0.496 e. The lowest BCUT2D eigenvalue weighted by molar-refractivity contribution is -0.120. The van der Waals surface area contributed by atoms with Crippen molar-refractivity contribution in [1.82, 2.24) is 4.98 Å². The molecule has 0 spiro atoms. The van der Waals surface area contributed by atoms with Crippen LogP contribution in [0.15, 0.2) is 46.9 Å². The SMILES string of the molecule is CC(C)(C)N.COc1ccc(-c2ccc(C)c(C(=O)O)n2)c(C)c1C1C2=C(CC(C)(C)CC2=O)OC2=C1C(=O)CC(C)(C)C2. The van der Waals surface area contributed by atoms with E-state index in [9.17, 15) is 19.5 Å². The van der Waals surface area contributed by atoms with Crippen molar-refractivity contribution in [3.05, 3.63) is 69.3 Å². The standard InChI is InChI=1S/C32H35NO6.C4H11N/c1-16-8-10-19(33-29(16)30(36)37)18-9-11-22(38-7)25(17(18)2)28-26-20(34)12-31(3,4)14-23(26)39-24-15-32(5,6)13-21(35)27(24)28;1-4(2,3)5/h8-11,28H,12-15H2,1-7H3,(H,36,37);5H2,1-3H3. The van der Waals surface area contributed by atoms with Gasteiger partial charge in [0, 0.05) is 53.5 Å². The zero-order valence-electron chi connectivity index (χ0n) is 27.7. The molecule has 1 aromatic carbocycles. The number of aromatic carboxylic acids is 1. The van der Waals surface area contributed by atoms with Crippen LogP contribution in [0.4, 0.5) is 0 Å². The molecule has 2 heterocycles. The summed E-state index contributed by atoms with van der Waals surface area (Å²) in [4.78, 5) is 43.8. The molecule has 0 bridgehead atoms. The molecule has 0 saturated carbocycles. The molecule has 2 aromatic rings. The molecule has 1 aromatic heterocycles. The minimum atomic E-state index is -1.10. The number of nitrogens with zero attached hydrogens (tertiary/aromatic N) is 1. The first-order valence-electron chi connectivity index (χ1n) is 15.1. The van der Waals surface area contributed by atoms with Gasteiger partial charge in [0.15, 0.2) is 17.3 Å². The second kappa shape index (κ2) is 11.6. The first-order valence-corrected chi connectivity index (χ1v) is 15.1. The number of methoxy groups -OCH3 is 1. The Hall–Kier alpha value is -3.78. The van der Waals surface area contributed by atoms with E-state index in [2.05, 4.69) is 32.7 Å². The normalized spacial score (nSPS) is 19.4. The number of aryl methyl sites for hydroxylation is 1. The number of nitrogens with two attached hydrogens (primary N) is 1. The number of hydrogen-bond acceptors (Lipinski definition) is 7. The third-order valence-corrected chi connectivity index (χ3v) is 8.14. The maximum Gasteiger partial charge on any atom is 0.354 e. The first-order chi connectivity index (χ1) is 20.2. The van der Waals surface area contributed by atoms with E-state index in [0.29, 0.717) is 65.4 Å². The van der Waals surface area contributed by atoms with Crippen molar-refractivity contribution in [1.29, 1.82) is 0 Å². The van der Waals surface area contributed by atoms with Gasteiger partial charge in [-0.15, -0.1) is 0 Å². The average Bonchev–Trinajstić information content (AvgIpc) is 2.85. The van der Waals surface area contributed by atoms with Crippen molar-refractivity contribution in [3.63, 3.8) is 0 Å². The highest BCUT2D eigenvalue weighted by atomic mass is 16.5. The number of carboxylic acid groups (broad SMARTS) is 1. The Kier molecular flexibility index (Phi) is 8.75. The number of aromatic nitrogens is 1. The van der Waals surface area contributed by atoms with E-state index in [1.54, 1.807) is 26.2 Å². The molecule has 0 saturated heterocycles. The molecule has 1 aliphatic heterocycles. The fourth-order valence-electron chi connectivity index (χ4n) is 6.38. The van der Waals surface area contributed by atoms with Crippen LogP contribution in [0.1, 0.15) is 107 Å². The van der Waals surface area contributed by atoms with Crippen LogP contribution < -0.4 is 10.5 Å². The van der Waals surface area contributed by atoms with Gasteiger partial charge in [-0.1, -0.05) is 33.8 Å². The van der Waals surface area contributed by atoms with Crippen LogP contribution in [-0.4, -0.2) is 40.3 Å². The van der Waals surface area contributed by atoms with Gasteiger partial charge in [0.1, 0.15) is 17.3 Å². The summed E-state index contributed by atoms with van der Waals surface area (Å²) in [5.74, 6) is 0.0596. The second-order valence-electron chi connectivity index (χ2n) is 15.0. The number of carbonyl (C=O) groups excluding carboxylic acids is 2. The highest BCUT2D eigenvalue weighted by molar-refractivity contribution is 6.06. The van der Waals surface area contributed by atoms with Crippen molar-refractivity contribution in [2.24, 2.45) is 16.6 Å². The molecule has 3 N–H and O–H groups in total.